The smallest absolute Gasteiger partial charge is 0.385 e. The van der Waals surface area contributed by atoms with Gasteiger partial charge in [-0.25, -0.2) is 38.7 Å². The first-order chi connectivity index (χ1) is 26.3. The van der Waals surface area contributed by atoms with Gasteiger partial charge in [0.15, 0.2) is 0 Å². The van der Waals surface area contributed by atoms with Gasteiger partial charge in [0.1, 0.15) is 12.2 Å². The molecule has 0 aromatic heterocycles. The SMILES string of the molecule is CCCCCCCCCCCCCCCCCC(=O)OOC(=O)/C=C(\C(=O)OOC(=O)CCCCCCCCCCCCCCCCC)C(O)C(O)CO. The summed E-state index contributed by atoms with van der Waals surface area (Å²) in [7, 11) is 0. The monoisotopic (exact) mass is 771 g/mol. The van der Waals surface area contributed by atoms with Gasteiger partial charge in [-0.2, -0.15) is 0 Å². The van der Waals surface area contributed by atoms with Crippen molar-refractivity contribution in [2.75, 3.05) is 6.61 Å². The average Bonchev–Trinajstić information content (AvgIpc) is 3.17. The largest absolute Gasteiger partial charge is 0.394 e. The van der Waals surface area contributed by atoms with Crippen LogP contribution in [0.2, 0.25) is 0 Å². The summed E-state index contributed by atoms with van der Waals surface area (Å²) in [6, 6.07) is 0. The maximum absolute atomic E-state index is 12.5. The van der Waals surface area contributed by atoms with Crippen LogP contribution in [0.5, 0.6) is 0 Å². The lowest BCUT2D eigenvalue weighted by molar-refractivity contribution is -0.257. The van der Waals surface area contributed by atoms with Gasteiger partial charge in [-0.3, -0.25) is 0 Å². The lowest BCUT2D eigenvalue weighted by Crippen LogP contribution is -2.35. The van der Waals surface area contributed by atoms with Crippen LogP contribution < -0.4 is 0 Å². The summed E-state index contributed by atoms with van der Waals surface area (Å²) >= 11 is 0. The molecule has 2 unspecified atom stereocenters. The molecule has 0 spiro atoms. The standard InChI is InChI=1S/C43H78O11/c1-3-5-7-9-11-13-15-17-19-21-23-25-27-29-31-33-39(46)51-53-41(48)35-37(42(49)38(45)36-44)43(50)54-52-40(47)34-32-30-28-26-24-22-20-18-16-14-12-10-8-6-4-2/h35,38,42,44-45,49H,3-34,36H2,1-2H3/b37-35-. The molecule has 0 rings (SSSR count). The summed E-state index contributed by atoms with van der Waals surface area (Å²) < 4.78 is 0. The van der Waals surface area contributed by atoms with E-state index in [-0.39, 0.29) is 12.8 Å². The quantitative estimate of drug-likeness (QED) is 0.0238. The van der Waals surface area contributed by atoms with Crippen molar-refractivity contribution in [1.82, 2.24) is 0 Å². The minimum atomic E-state index is -2.08. The van der Waals surface area contributed by atoms with Crippen LogP contribution in [0.15, 0.2) is 11.6 Å². The zero-order valence-electron chi connectivity index (χ0n) is 34.2. The Bertz CT molecular complexity index is 952. The van der Waals surface area contributed by atoms with Crippen molar-refractivity contribution < 1.29 is 54.0 Å². The zero-order valence-corrected chi connectivity index (χ0v) is 34.2. The molecule has 0 bridgehead atoms. The second-order valence-electron chi connectivity index (χ2n) is 14.9. The van der Waals surface area contributed by atoms with Crippen molar-refractivity contribution in [3.8, 4) is 0 Å². The fraction of sp³-hybridized carbons (Fsp3) is 0.860. The number of aliphatic hydroxyl groups excluding tert-OH is 3. The minimum absolute atomic E-state index is 0.00372. The Morgan fingerprint density at radius 1 is 0.444 bits per heavy atom. The van der Waals surface area contributed by atoms with E-state index >= 15 is 0 Å². The summed E-state index contributed by atoms with van der Waals surface area (Å²) in [5.74, 6) is -4.40. The van der Waals surface area contributed by atoms with Crippen LogP contribution in [0.4, 0.5) is 0 Å². The maximum Gasteiger partial charge on any atom is 0.385 e. The van der Waals surface area contributed by atoms with Gasteiger partial charge in [0.05, 0.1) is 25.0 Å². The number of carbonyl (C=O) groups is 4. The fourth-order valence-electron chi connectivity index (χ4n) is 6.31. The van der Waals surface area contributed by atoms with Crippen molar-refractivity contribution in [3.63, 3.8) is 0 Å². The van der Waals surface area contributed by atoms with Crippen LogP contribution >= 0.6 is 0 Å². The molecule has 2 atom stereocenters. The molecule has 0 aromatic carbocycles. The topological polar surface area (TPSA) is 166 Å². The van der Waals surface area contributed by atoms with E-state index in [1.54, 1.807) is 0 Å². The number of hydrogen-bond donors (Lipinski definition) is 3. The van der Waals surface area contributed by atoms with Crippen LogP contribution in [0.1, 0.15) is 219 Å². The normalized spacial score (nSPS) is 12.6. The summed E-state index contributed by atoms with van der Waals surface area (Å²) in [5, 5.41) is 29.3. The highest BCUT2D eigenvalue weighted by atomic mass is 17.2. The molecular formula is C43H78O11. The molecule has 0 saturated heterocycles. The highest BCUT2D eigenvalue weighted by molar-refractivity contribution is 5.97. The van der Waals surface area contributed by atoms with E-state index in [2.05, 4.69) is 33.4 Å². The third kappa shape index (κ3) is 32.9. The van der Waals surface area contributed by atoms with Crippen molar-refractivity contribution in [1.29, 1.82) is 0 Å². The van der Waals surface area contributed by atoms with E-state index in [1.165, 1.54) is 135 Å². The lowest BCUT2D eigenvalue weighted by atomic mass is 10.0. The van der Waals surface area contributed by atoms with Gasteiger partial charge in [-0.05, 0) is 12.8 Å². The Kier molecular flexibility index (Phi) is 37.0. The van der Waals surface area contributed by atoms with Crippen LogP contribution in [0, 0.1) is 0 Å². The third-order valence-corrected chi connectivity index (χ3v) is 9.78. The predicted molar refractivity (Wildman–Crippen MR) is 211 cm³/mol. The molecule has 54 heavy (non-hydrogen) atoms. The number of unbranched alkanes of at least 4 members (excludes halogenated alkanes) is 28. The van der Waals surface area contributed by atoms with Crippen LogP contribution in [-0.2, 0) is 38.7 Å². The molecule has 0 aliphatic carbocycles. The molecule has 0 heterocycles. The van der Waals surface area contributed by atoms with E-state index in [9.17, 15) is 34.5 Å². The summed E-state index contributed by atoms with van der Waals surface area (Å²) in [5.41, 5.74) is -0.861. The Hall–Kier alpha value is -2.50. The van der Waals surface area contributed by atoms with E-state index in [4.69, 9.17) is 0 Å². The van der Waals surface area contributed by atoms with Crippen molar-refractivity contribution in [2.45, 2.75) is 232 Å². The number of carbonyl (C=O) groups excluding carboxylic acids is 4. The molecule has 316 valence electrons. The molecule has 0 radical (unpaired) electrons. The molecule has 11 nitrogen and oxygen atoms in total. The number of aliphatic hydroxyl groups is 3. The number of rotatable bonds is 37. The predicted octanol–water partition coefficient (Wildman–Crippen LogP) is 10.2. The second-order valence-corrected chi connectivity index (χ2v) is 14.9. The van der Waals surface area contributed by atoms with E-state index in [0.29, 0.717) is 18.9 Å². The molecule has 0 aliphatic heterocycles. The summed E-state index contributed by atoms with van der Waals surface area (Å²) in [6.45, 7) is 3.52. The maximum atomic E-state index is 12.5. The Morgan fingerprint density at radius 2 is 0.741 bits per heavy atom. The Labute approximate surface area is 327 Å². The molecular weight excluding hydrogens is 692 g/mol. The van der Waals surface area contributed by atoms with Crippen LogP contribution in [0.25, 0.3) is 0 Å². The van der Waals surface area contributed by atoms with Crippen molar-refractivity contribution >= 4 is 23.9 Å². The first-order valence-electron chi connectivity index (χ1n) is 21.8. The van der Waals surface area contributed by atoms with Gasteiger partial charge >= 0.3 is 23.9 Å². The van der Waals surface area contributed by atoms with Gasteiger partial charge in [0.25, 0.3) is 0 Å². The zero-order chi connectivity index (χ0) is 39.9. The van der Waals surface area contributed by atoms with Gasteiger partial charge in [-0.15, -0.1) is 0 Å². The van der Waals surface area contributed by atoms with Gasteiger partial charge < -0.3 is 15.3 Å². The lowest BCUT2D eigenvalue weighted by Gasteiger charge is -2.17. The van der Waals surface area contributed by atoms with Gasteiger partial charge in [0, 0.05) is 6.08 Å². The fourth-order valence-corrected chi connectivity index (χ4v) is 6.31. The van der Waals surface area contributed by atoms with Gasteiger partial charge in [0.2, 0.25) is 0 Å². The summed E-state index contributed by atoms with van der Waals surface area (Å²) in [6.07, 6.45) is 32.0. The first-order valence-corrected chi connectivity index (χ1v) is 21.8. The molecule has 0 aromatic rings. The Balaban J connectivity index is 4.18. The molecule has 11 heteroatoms. The Morgan fingerprint density at radius 3 is 1.06 bits per heavy atom. The highest BCUT2D eigenvalue weighted by Crippen LogP contribution is 2.16. The highest BCUT2D eigenvalue weighted by Gasteiger charge is 2.30. The van der Waals surface area contributed by atoms with Crippen molar-refractivity contribution in [3.05, 3.63) is 11.6 Å². The second kappa shape index (κ2) is 38.8. The molecule has 0 fully saturated rings. The van der Waals surface area contributed by atoms with Crippen LogP contribution in [-0.4, -0.2) is 58.0 Å². The van der Waals surface area contributed by atoms with Crippen LogP contribution in [0.3, 0.4) is 0 Å². The molecule has 0 amide bonds. The molecule has 3 N–H and O–H groups in total. The summed E-state index contributed by atoms with van der Waals surface area (Å²) in [4.78, 5) is 66.9. The first kappa shape index (κ1) is 51.5. The number of hydrogen-bond acceptors (Lipinski definition) is 11. The average molecular weight is 771 g/mol. The van der Waals surface area contributed by atoms with Crippen molar-refractivity contribution in [2.24, 2.45) is 0 Å². The van der Waals surface area contributed by atoms with E-state index in [0.717, 1.165) is 44.9 Å². The molecule has 0 saturated carbocycles. The third-order valence-electron chi connectivity index (χ3n) is 9.78. The molecule has 0 aliphatic rings. The van der Waals surface area contributed by atoms with E-state index in [1.807, 2.05) is 0 Å². The van der Waals surface area contributed by atoms with Gasteiger partial charge in [-0.1, -0.05) is 194 Å². The minimum Gasteiger partial charge on any atom is -0.394 e. The van der Waals surface area contributed by atoms with E-state index < -0.39 is 48.3 Å².